The minimum Gasteiger partial charge on any atom is -0.481 e. The molecule has 0 spiro atoms. The molecule has 1 aliphatic carbocycles. The zero-order chi connectivity index (χ0) is 12.7. The Labute approximate surface area is 99.8 Å². The molecule has 1 saturated heterocycles. The third-order valence-corrected chi connectivity index (χ3v) is 3.47. The molecule has 94 valence electrons. The lowest BCUT2D eigenvalue weighted by atomic mass is 9.96. The van der Waals surface area contributed by atoms with Crippen molar-refractivity contribution in [1.29, 1.82) is 0 Å². The maximum absolute atomic E-state index is 11.7. The Kier molecular flexibility index (Phi) is 2.93. The van der Waals surface area contributed by atoms with Crippen LogP contribution in [0.4, 0.5) is 0 Å². The Morgan fingerprint density at radius 2 is 1.88 bits per heavy atom. The van der Waals surface area contributed by atoms with Crippen molar-refractivity contribution in [2.45, 2.75) is 26.7 Å². The van der Waals surface area contributed by atoms with Gasteiger partial charge in [0.2, 0.25) is 11.8 Å². The molecule has 2 fully saturated rings. The minimum absolute atomic E-state index is 0.0399. The second kappa shape index (κ2) is 4.13. The van der Waals surface area contributed by atoms with Crippen molar-refractivity contribution in [2.75, 3.05) is 6.54 Å². The third-order valence-electron chi connectivity index (χ3n) is 3.47. The van der Waals surface area contributed by atoms with Crippen LogP contribution < -0.4 is 0 Å². The summed E-state index contributed by atoms with van der Waals surface area (Å²) >= 11 is 0. The minimum atomic E-state index is -0.931. The first-order valence-corrected chi connectivity index (χ1v) is 5.99. The fourth-order valence-electron chi connectivity index (χ4n) is 2.47. The quantitative estimate of drug-likeness (QED) is 0.718. The summed E-state index contributed by atoms with van der Waals surface area (Å²) in [5.41, 5.74) is 0. The lowest BCUT2D eigenvalue weighted by Crippen LogP contribution is -2.39. The number of aliphatic carboxylic acids is 1. The molecule has 1 heterocycles. The molecule has 1 aliphatic heterocycles. The summed E-state index contributed by atoms with van der Waals surface area (Å²) in [5, 5.41) is 9.08. The maximum atomic E-state index is 11.7. The Morgan fingerprint density at radius 3 is 2.29 bits per heavy atom. The van der Waals surface area contributed by atoms with E-state index in [2.05, 4.69) is 0 Å². The third kappa shape index (κ3) is 2.18. The number of carboxylic acid groups (broad SMARTS) is 1. The van der Waals surface area contributed by atoms with Crippen LogP contribution in [0.2, 0.25) is 0 Å². The van der Waals surface area contributed by atoms with Crippen LogP contribution in [0.5, 0.6) is 0 Å². The van der Waals surface area contributed by atoms with Gasteiger partial charge in [0.15, 0.2) is 0 Å². The molecule has 5 nitrogen and oxygen atoms in total. The summed E-state index contributed by atoms with van der Waals surface area (Å²) in [6.07, 6.45) is 1.15. The lowest BCUT2D eigenvalue weighted by Gasteiger charge is -2.22. The molecule has 0 bridgehead atoms. The molecule has 0 radical (unpaired) electrons. The number of imide groups is 1. The number of carbonyl (C=O) groups excluding carboxylic acids is 2. The number of piperidine rings is 1. The fraction of sp³-hybridized carbons (Fsp3) is 0.750. The standard InChI is InChI=1S/C12H17NO4/c1-6(2)3-7(12(16)17)5-13-10(14)8-4-9(8)11(13)15/h6-9H,3-5H2,1-2H3,(H,16,17). The van der Waals surface area contributed by atoms with Crippen molar-refractivity contribution < 1.29 is 19.5 Å². The Hall–Kier alpha value is -1.39. The molecule has 17 heavy (non-hydrogen) atoms. The average molecular weight is 239 g/mol. The van der Waals surface area contributed by atoms with Gasteiger partial charge in [-0.05, 0) is 18.8 Å². The molecule has 1 N–H and O–H groups in total. The van der Waals surface area contributed by atoms with Gasteiger partial charge in [-0.2, -0.15) is 0 Å². The molecule has 3 unspecified atom stereocenters. The van der Waals surface area contributed by atoms with Gasteiger partial charge in [0.25, 0.3) is 0 Å². The van der Waals surface area contributed by atoms with E-state index in [0.717, 1.165) is 4.90 Å². The summed E-state index contributed by atoms with van der Waals surface area (Å²) < 4.78 is 0. The van der Waals surface area contributed by atoms with Gasteiger partial charge in [-0.3, -0.25) is 19.3 Å². The number of amides is 2. The van der Waals surface area contributed by atoms with E-state index in [1.165, 1.54) is 0 Å². The molecule has 2 rings (SSSR count). The van der Waals surface area contributed by atoms with Crippen molar-refractivity contribution >= 4 is 17.8 Å². The van der Waals surface area contributed by atoms with Crippen molar-refractivity contribution in [3.63, 3.8) is 0 Å². The molecule has 0 aromatic carbocycles. The van der Waals surface area contributed by atoms with E-state index in [0.29, 0.717) is 12.8 Å². The highest BCUT2D eigenvalue weighted by Gasteiger charge is 2.59. The lowest BCUT2D eigenvalue weighted by molar-refractivity contribution is -0.147. The molecular weight excluding hydrogens is 222 g/mol. The second-order valence-corrected chi connectivity index (χ2v) is 5.40. The van der Waals surface area contributed by atoms with Gasteiger partial charge in [-0.1, -0.05) is 13.8 Å². The number of rotatable bonds is 5. The first kappa shape index (κ1) is 12.1. The van der Waals surface area contributed by atoms with E-state index in [1.807, 2.05) is 13.8 Å². The van der Waals surface area contributed by atoms with Gasteiger partial charge in [-0.15, -0.1) is 0 Å². The summed E-state index contributed by atoms with van der Waals surface area (Å²) in [6.45, 7) is 3.90. The van der Waals surface area contributed by atoms with Gasteiger partial charge in [-0.25, -0.2) is 0 Å². The molecular formula is C12H17NO4. The summed E-state index contributed by atoms with van der Waals surface area (Å²) in [6, 6.07) is 0. The van der Waals surface area contributed by atoms with Crippen LogP contribution in [0.1, 0.15) is 26.7 Å². The monoisotopic (exact) mass is 239 g/mol. The number of likely N-dealkylation sites (tertiary alicyclic amines) is 1. The van der Waals surface area contributed by atoms with E-state index in [-0.39, 0.29) is 36.1 Å². The first-order chi connectivity index (χ1) is 7.91. The van der Waals surface area contributed by atoms with Crippen LogP contribution in [0.25, 0.3) is 0 Å². The maximum Gasteiger partial charge on any atom is 0.308 e. The molecule has 5 heteroatoms. The van der Waals surface area contributed by atoms with E-state index in [1.54, 1.807) is 0 Å². The Balaban J connectivity index is 2.01. The Bertz CT molecular complexity index is 357. The molecule has 0 aromatic heterocycles. The predicted molar refractivity (Wildman–Crippen MR) is 58.9 cm³/mol. The number of hydrogen-bond donors (Lipinski definition) is 1. The SMILES string of the molecule is CC(C)CC(CN1C(=O)C2CC2C1=O)C(=O)O. The molecule has 3 atom stereocenters. The van der Waals surface area contributed by atoms with Crippen molar-refractivity contribution in [3.8, 4) is 0 Å². The number of hydrogen-bond acceptors (Lipinski definition) is 3. The smallest absolute Gasteiger partial charge is 0.308 e. The van der Waals surface area contributed by atoms with Crippen molar-refractivity contribution in [3.05, 3.63) is 0 Å². The van der Waals surface area contributed by atoms with E-state index >= 15 is 0 Å². The highest BCUT2D eigenvalue weighted by atomic mass is 16.4. The molecule has 0 aromatic rings. The van der Waals surface area contributed by atoms with Gasteiger partial charge in [0.1, 0.15) is 0 Å². The van der Waals surface area contributed by atoms with Crippen LogP contribution in [0.3, 0.4) is 0 Å². The van der Waals surface area contributed by atoms with E-state index in [9.17, 15) is 14.4 Å². The largest absolute Gasteiger partial charge is 0.481 e. The van der Waals surface area contributed by atoms with Crippen molar-refractivity contribution in [2.24, 2.45) is 23.7 Å². The zero-order valence-corrected chi connectivity index (χ0v) is 10.0. The summed E-state index contributed by atoms with van der Waals surface area (Å²) in [7, 11) is 0. The number of fused-ring (bicyclic) bond motifs is 1. The summed E-state index contributed by atoms with van der Waals surface area (Å²) in [5.74, 6) is -1.96. The normalized spacial score (nSPS) is 28.5. The van der Waals surface area contributed by atoms with Crippen LogP contribution in [-0.4, -0.2) is 34.3 Å². The number of carboxylic acids is 1. The van der Waals surface area contributed by atoms with Crippen LogP contribution in [-0.2, 0) is 14.4 Å². The zero-order valence-electron chi connectivity index (χ0n) is 10.0. The topological polar surface area (TPSA) is 74.7 Å². The molecule has 1 saturated carbocycles. The van der Waals surface area contributed by atoms with Gasteiger partial charge in [0, 0.05) is 6.54 Å². The van der Waals surface area contributed by atoms with Gasteiger partial charge >= 0.3 is 5.97 Å². The van der Waals surface area contributed by atoms with Crippen LogP contribution in [0, 0.1) is 23.7 Å². The summed E-state index contributed by atoms with van der Waals surface area (Å²) in [4.78, 5) is 35.7. The average Bonchev–Trinajstić information content (AvgIpc) is 2.96. The van der Waals surface area contributed by atoms with Crippen molar-refractivity contribution in [1.82, 2.24) is 4.90 Å². The highest BCUT2D eigenvalue weighted by Crippen LogP contribution is 2.47. The number of carbonyl (C=O) groups is 3. The first-order valence-electron chi connectivity index (χ1n) is 5.99. The Morgan fingerprint density at radius 1 is 1.35 bits per heavy atom. The van der Waals surface area contributed by atoms with Gasteiger partial charge < -0.3 is 5.11 Å². The van der Waals surface area contributed by atoms with Gasteiger partial charge in [0.05, 0.1) is 17.8 Å². The molecule has 2 aliphatic rings. The van der Waals surface area contributed by atoms with E-state index < -0.39 is 11.9 Å². The van der Waals surface area contributed by atoms with E-state index in [4.69, 9.17) is 5.11 Å². The number of nitrogens with zero attached hydrogens (tertiary/aromatic N) is 1. The second-order valence-electron chi connectivity index (χ2n) is 5.40. The molecule has 2 amide bonds. The predicted octanol–water partition coefficient (Wildman–Crippen LogP) is 0.738. The van der Waals surface area contributed by atoms with Crippen LogP contribution >= 0.6 is 0 Å². The fourth-order valence-corrected chi connectivity index (χ4v) is 2.47. The highest BCUT2D eigenvalue weighted by molar-refractivity contribution is 6.09. The van der Waals surface area contributed by atoms with Crippen LogP contribution in [0.15, 0.2) is 0 Å².